The monoisotopic (exact) mass is 523 g/mol. The van der Waals surface area contributed by atoms with E-state index in [1.54, 1.807) is 18.2 Å². The predicted octanol–water partition coefficient (Wildman–Crippen LogP) is 6.42. The third-order valence-corrected chi connectivity index (χ3v) is 7.34. The molecule has 5 aromatic rings. The summed E-state index contributed by atoms with van der Waals surface area (Å²) in [6.45, 7) is 3.91. The molecule has 1 atom stereocenters. The Morgan fingerprint density at radius 1 is 0.974 bits per heavy atom. The van der Waals surface area contributed by atoms with Crippen molar-refractivity contribution in [3.8, 4) is 5.69 Å². The molecule has 1 N–H and O–H groups in total. The first-order valence-corrected chi connectivity index (χ1v) is 13.1. The van der Waals surface area contributed by atoms with Gasteiger partial charge in [0.15, 0.2) is 11.0 Å². The maximum atomic E-state index is 13.3. The van der Waals surface area contributed by atoms with Crippen molar-refractivity contribution in [1.82, 2.24) is 20.1 Å². The van der Waals surface area contributed by atoms with Crippen LogP contribution in [0.15, 0.2) is 96.2 Å². The average Bonchev–Trinajstić information content (AvgIpc) is 3.36. The van der Waals surface area contributed by atoms with Crippen molar-refractivity contribution in [1.29, 1.82) is 0 Å². The fourth-order valence-electron chi connectivity index (χ4n) is 4.30. The highest BCUT2D eigenvalue weighted by Crippen LogP contribution is 2.29. The standard InChI is InChI=1S/C29H25N5O3S/c1-19-8-3-4-10-22(19)18-38-29-32-31-27(33(29)23-14-16-24(17-15-23)34(36)37)20(2)30-28(35)26-13-7-11-21-9-5-6-12-25(21)26/h3-17,20H,18H2,1-2H3,(H,30,35). The molecule has 0 bridgehead atoms. The third-order valence-electron chi connectivity index (χ3n) is 6.36. The molecule has 4 aromatic carbocycles. The number of fused-ring (bicyclic) bond motifs is 1. The highest BCUT2D eigenvalue weighted by molar-refractivity contribution is 7.98. The Bertz CT molecular complexity index is 1630. The number of nitro groups is 1. The summed E-state index contributed by atoms with van der Waals surface area (Å²) in [5.74, 6) is 0.982. The minimum absolute atomic E-state index is 0.00482. The summed E-state index contributed by atoms with van der Waals surface area (Å²) in [6, 6.07) is 27.3. The number of aryl methyl sites for hydroxylation is 1. The molecule has 0 spiro atoms. The van der Waals surface area contributed by atoms with Crippen LogP contribution in [0.1, 0.15) is 40.3 Å². The van der Waals surface area contributed by atoms with Gasteiger partial charge in [-0.15, -0.1) is 10.2 Å². The van der Waals surface area contributed by atoms with Crippen molar-refractivity contribution < 1.29 is 9.72 Å². The van der Waals surface area contributed by atoms with Crippen molar-refractivity contribution >= 4 is 34.1 Å². The van der Waals surface area contributed by atoms with Gasteiger partial charge in [-0.2, -0.15) is 0 Å². The summed E-state index contributed by atoms with van der Waals surface area (Å²) >= 11 is 1.52. The van der Waals surface area contributed by atoms with E-state index < -0.39 is 11.0 Å². The number of thioether (sulfide) groups is 1. The third kappa shape index (κ3) is 5.14. The zero-order chi connectivity index (χ0) is 26.6. The smallest absolute Gasteiger partial charge is 0.269 e. The lowest BCUT2D eigenvalue weighted by molar-refractivity contribution is -0.384. The van der Waals surface area contributed by atoms with Crippen LogP contribution >= 0.6 is 11.8 Å². The molecule has 0 aliphatic rings. The van der Waals surface area contributed by atoms with Crippen LogP contribution in [0.5, 0.6) is 0 Å². The molecular formula is C29H25N5O3S. The van der Waals surface area contributed by atoms with Gasteiger partial charge in [0, 0.05) is 29.1 Å². The van der Waals surface area contributed by atoms with Gasteiger partial charge in [0.2, 0.25) is 0 Å². The van der Waals surface area contributed by atoms with Gasteiger partial charge in [-0.25, -0.2) is 0 Å². The SMILES string of the molecule is Cc1ccccc1CSc1nnc(C(C)NC(=O)c2cccc3ccccc23)n1-c1ccc([N+](=O)[O-])cc1. The van der Waals surface area contributed by atoms with Crippen molar-refractivity contribution in [3.05, 3.63) is 124 Å². The predicted molar refractivity (Wildman–Crippen MR) is 149 cm³/mol. The zero-order valence-corrected chi connectivity index (χ0v) is 21.7. The van der Waals surface area contributed by atoms with E-state index in [-0.39, 0.29) is 11.6 Å². The highest BCUT2D eigenvalue weighted by Gasteiger charge is 2.23. The van der Waals surface area contributed by atoms with E-state index in [1.165, 1.54) is 35.0 Å². The Morgan fingerprint density at radius 2 is 1.68 bits per heavy atom. The zero-order valence-electron chi connectivity index (χ0n) is 20.9. The maximum absolute atomic E-state index is 13.3. The van der Waals surface area contributed by atoms with Gasteiger partial charge in [-0.05, 0) is 53.9 Å². The van der Waals surface area contributed by atoms with Crippen molar-refractivity contribution in [3.63, 3.8) is 0 Å². The number of nitrogens with zero attached hydrogens (tertiary/aromatic N) is 4. The van der Waals surface area contributed by atoms with Crippen LogP contribution in [0.4, 0.5) is 5.69 Å². The van der Waals surface area contributed by atoms with Crippen LogP contribution in [-0.4, -0.2) is 25.6 Å². The summed E-state index contributed by atoms with van der Waals surface area (Å²) in [5.41, 5.74) is 3.60. The van der Waals surface area contributed by atoms with E-state index in [1.807, 2.05) is 60.0 Å². The van der Waals surface area contributed by atoms with Gasteiger partial charge in [0.05, 0.1) is 11.0 Å². The number of aromatic nitrogens is 3. The number of nitro benzene ring substituents is 1. The largest absolute Gasteiger partial charge is 0.342 e. The fourth-order valence-corrected chi connectivity index (χ4v) is 5.33. The van der Waals surface area contributed by atoms with E-state index in [0.717, 1.165) is 10.8 Å². The molecule has 38 heavy (non-hydrogen) atoms. The van der Waals surface area contributed by atoms with Crippen molar-refractivity contribution in [2.75, 3.05) is 0 Å². The number of benzene rings is 4. The molecule has 1 heterocycles. The van der Waals surface area contributed by atoms with Crippen LogP contribution < -0.4 is 5.32 Å². The molecule has 1 amide bonds. The van der Waals surface area contributed by atoms with Crippen molar-refractivity contribution in [2.45, 2.75) is 30.8 Å². The van der Waals surface area contributed by atoms with E-state index in [9.17, 15) is 14.9 Å². The molecule has 0 aliphatic carbocycles. The van der Waals surface area contributed by atoms with Gasteiger partial charge in [-0.3, -0.25) is 19.5 Å². The number of carbonyl (C=O) groups is 1. The van der Waals surface area contributed by atoms with E-state index >= 15 is 0 Å². The number of nitrogens with one attached hydrogen (secondary N) is 1. The van der Waals surface area contributed by atoms with Gasteiger partial charge in [0.1, 0.15) is 0 Å². The van der Waals surface area contributed by atoms with Crippen LogP contribution in [0.3, 0.4) is 0 Å². The average molecular weight is 524 g/mol. The molecule has 8 nitrogen and oxygen atoms in total. The van der Waals surface area contributed by atoms with E-state index in [2.05, 4.69) is 34.6 Å². The minimum Gasteiger partial charge on any atom is -0.342 e. The second-order valence-electron chi connectivity index (χ2n) is 8.89. The second-order valence-corrected chi connectivity index (χ2v) is 9.83. The first-order chi connectivity index (χ1) is 18.4. The summed E-state index contributed by atoms with van der Waals surface area (Å²) in [6.07, 6.45) is 0. The Kier molecular flexibility index (Phi) is 7.19. The van der Waals surface area contributed by atoms with Crippen molar-refractivity contribution in [2.24, 2.45) is 0 Å². The number of carbonyl (C=O) groups excluding carboxylic acids is 1. The first-order valence-electron chi connectivity index (χ1n) is 12.1. The summed E-state index contributed by atoms with van der Waals surface area (Å²) in [5, 5.41) is 25.6. The number of hydrogen-bond donors (Lipinski definition) is 1. The molecule has 0 saturated carbocycles. The molecule has 0 aliphatic heterocycles. The lowest BCUT2D eigenvalue weighted by Crippen LogP contribution is -2.28. The first kappa shape index (κ1) is 25.2. The van der Waals surface area contributed by atoms with E-state index in [0.29, 0.717) is 28.0 Å². The Hall–Kier alpha value is -4.50. The summed E-state index contributed by atoms with van der Waals surface area (Å²) in [7, 11) is 0. The number of rotatable bonds is 8. The summed E-state index contributed by atoms with van der Waals surface area (Å²) < 4.78 is 1.85. The Morgan fingerprint density at radius 3 is 2.45 bits per heavy atom. The Balaban J connectivity index is 1.47. The molecular weight excluding hydrogens is 498 g/mol. The lowest BCUT2D eigenvalue weighted by Gasteiger charge is -2.17. The number of amides is 1. The van der Waals surface area contributed by atoms with E-state index in [4.69, 9.17) is 0 Å². The van der Waals surface area contributed by atoms with Gasteiger partial charge >= 0.3 is 0 Å². The molecule has 1 aromatic heterocycles. The molecule has 0 radical (unpaired) electrons. The van der Waals surface area contributed by atoms with Gasteiger partial charge < -0.3 is 5.32 Å². The molecule has 9 heteroatoms. The minimum atomic E-state index is -0.489. The summed E-state index contributed by atoms with van der Waals surface area (Å²) in [4.78, 5) is 24.1. The highest BCUT2D eigenvalue weighted by atomic mass is 32.2. The number of non-ortho nitro benzene ring substituents is 1. The number of hydrogen-bond acceptors (Lipinski definition) is 6. The van der Waals surface area contributed by atoms with Crippen LogP contribution in [-0.2, 0) is 5.75 Å². The van der Waals surface area contributed by atoms with Crippen LogP contribution in [0.2, 0.25) is 0 Å². The topological polar surface area (TPSA) is 103 Å². The normalized spacial score (nSPS) is 11.8. The van der Waals surface area contributed by atoms with Crippen LogP contribution in [0.25, 0.3) is 16.5 Å². The van der Waals surface area contributed by atoms with Crippen LogP contribution in [0, 0.1) is 17.0 Å². The molecule has 0 saturated heterocycles. The molecule has 190 valence electrons. The molecule has 0 fully saturated rings. The maximum Gasteiger partial charge on any atom is 0.269 e. The van der Waals surface area contributed by atoms with Gasteiger partial charge in [-0.1, -0.05) is 72.4 Å². The quantitative estimate of drug-likeness (QED) is 0.143. The molecule has 1 unspecified atom stereocenters. The Labute approximate surface area is 223 Å². The van der Waals surface area contributed by atoms with Gasteiger partial charge in [0.25, 0.3) is 11.6 Å². The fraction of sp³-hybridized carbons (Fsp3) is 0.138. The molecule has 5 rings (SSSR count). The second kappa shape index (κ2) is 10.9. The lowest BCUT2D eigenvalue weighted by atomic mass is 10.0.